The van der Waals surface area contributed by atoms with Crippen LogP contribution in [0.3, 0.4) is 0 Å². The van der Waals surface area contributed by atoms with E-state index in [0.29, 0.717) is 17.2 Å². The number of nitrogens with zero attached hydrogens (tertiary/aromatic N) is 1. The maximum Gasteiger partial charge on any atom is 0.203 e. The molecule has 0 aromatic heterocycles. The first kappa shape index (κ1) is 26.6. The highest BCUT2D eigenvalue weighted by atomic mass is 16.5. The van der Waals surface area contributed by atoms with Crippen molar-refractivity contribution in [2.75, 3.05) is 62.3 Å². The van der Waals surface area contributed by atoms with E-state index in [2.05, 4.69) is 31.0 Å². The van der Waals surface area contributed by atoms with Crippen molar-refractivity contribution in [1.82, 2.24) is 4.90 Å². The van der Waals surface area contributed by atoms with Crippen molar-refractivity contribution in [2.45, 2.75) is 32.1 Å². The van der Waals surface area contributed by atoms with Crippen LogP contribution in [0.5, 0.6) is 28.7 Å². The van der Waals surface area contributed by atoms with Crippen LogP contribution in [0.2, 0.25) is 0 Å². The van der Waals surface area contributed by atoms with Gasteiger partial charge in [0.15, 0.2) is 23.0 Å². The van der Waals surface area contributed by atoms with E-state index in [9.17, 15) is 0 Å². The number of aliphatic hydroxyl groups excluding tert-OH is 1. The number of hydrogen-bond donors (Lipinski definition) is 1. The number of benzene rings is 2. The molecule has 0 fully saturated rings. The van der Waals surface area contributed by atoms with E-state index in [1.54, 1.807) is 35.5 Å². The number of aliphatic hydroxyl groups is 1. The third-order valence-electron chi connectivity index (χ3n) is 5.90. The summed E-state index contributed by atoms with van der Waals surface area (Å²) in [6.45, 7) is 4.17. The van der Waals surface area contributed by atoms with Gasteiger partial charge in [-0.3, -0.25) is 0 Å². The second-order valence-electron chi connectivity index (χ2n) is 8.18. The van der Waals surface area contributed by atoms with Gasteiger partial charge in [-0.05, 0) is 73.2 Å². The van der Waals surface area contributed by atoms with Crippen LogP contribution in [0.4, 0.5) is 0 Å². The molecule has 33 heavy (non-hydrogen) atoms. The summed E-state index contributed by atoms with van der Waals surface area (Å²) in [7, 11) is 10.3. The summed E-state index contributed by atoms with van der Waals surface area (Å²) in [5.41, 5.74) is 3.54. The number of methoxy groups -OCH3 is 5. The summed E-state index contributed by atoms with van der Waals surface area (Å²) < 4.78 is 27.7. The minimum Gasteiger partial charge on any atom is -0.493 e. The van der Waals surface area contributed by atoms with Crippen LogP contribution in [-0.2, 0) is 12.8 Å². The topological polar surface area (TPSA) is 69.6 Å². The van der Waals surface area contributed by atoms with Crippen molar-refractivity contribution in [2.24, 2.45) is 0 Å². The highest BCUT2D eigenvalue weighted by Gasteiger charge is 2.19. The molecule has 7 nitrogen and oxygen atoms in total. The predicted octanol–water partition coefficient (Wildman–Crippen LogP) is 3.93. The number of likely N-dealkylation sites (N-methyl/N-ethyl adjacent to an activating group) is 1. The molecule has 0 saturated carbocycles. The SMILES string of the molecule is COc1cc(CCN(C)CCCO)c([C@H](C)Cc2cc(OC)c(OC)c(OC)c2)cc1OC. The average Bonchev–Trinajstić information content (AvgIpc) is 2.84. The second-order valence-corrected chi connectivity index (χ2v) is 8.18. The summed E-state index contributed by atoms with van der Waals surface area (Å²) >= 11 is 0. The van der Waals surface area contributed by atoms with E-state index in [1.165, 1.54) is 11.1 Å². The lowest BCUT2D eigenvalue weighted by Gasteiger charge is -2.22. The van der Waals surface area contributed by atoms with Crippen LogP contribution >= 0.6 is 0 Å². The van der Waals surface area contributed by atoms with Crippen LogP contribution in [0, 0.1) is 0 Å². The van der Waals surface area contributed by atoms with Crippen molar-refractivity contribution >= 4 is 0 Å². The Hall–Kier alpha value is -2.64. The number of rotatable bonds is 14. The standard InChI is InChI=1S/C26H39NO6/c1-18(13-19-14-24(31-5)26(33-7)25(15-19)32-6)21-17-23(30-4)22(29-3)16-20(21)9-11-27(2)10-8-12-28/h14-18,28H,8-13H2,1-7H3/t18-/m1/s1. The van der Waals surface area contributed by atoms with Gasteiger partial charge < -0.3 is 33.7 Å². The molecule has 2 aromatic carbocycles. The Kier molecular flexibility index (Phi) is 10.6. The van der Waals surface area contributed by atoms with E-state index in [0.717, 1.165) is 49.4 Å². The lowest BCUT2D eigenvalue weighted by Crippen LogP contribution is -2.23. The lowest BCUT2D eigenvalue weighted by atomic mass is 9.88. The molecule has 0 saturated heterocycles. The molecule has 2 rings (SSSR count). The fourth-order valence-corrected chi connectivity index (χ4v) is 4.09. The van der Waals surface area contributed by atoms with Crippen molar-refractivity contribution in [3.05, 3.63) is 41.0 Å². The van der Waals surface area contributed by atoms with Crippen LogP contribution in [-0.4, -0.2) is 72.3 Å². The first-order chi connectivity index (χ1) is 15.9. The minimum atomic E-state index is 0.206. The molecule has 0 aliphatic rings. The molecule has 0 spiro atoms. The van der Waals surface area contributed by atoms with Crippen LogP contribution < -0.4 is 23.7 Å². The molecule has 0 bridgehead atoms. The van der Waals surface area contributed by atoms with E-state index in [-0.39, 0.29) is 12.5 Å². The molecule has 1 N–H and O–H groups in total. The monoisotopic (exact) mass is 461 g/mol. The van der Waals surface area contributed by atoms with Gasteiger partial charge >= 0.3 is 0 Å². The molecular weight excluding hydrogens is 422 g/mol. The fourth-order valence-electron chi connectivity index (χ4n) is 4.09. The van der Waals surface area contributed by atoms with Gasteiger partial charge in [-0.15, -0.1) is 0 Å². The third-order valence-corrected chi connectivity index (χ3v) is 5.90. The van der Waals surface area contributed by atoms with Gasteiger partial charge in [0.1, 0.15) is 0 Å². The van der Waals surface area contributed by atoms with E-state index >= 15 is 0 Å². The van der Waals surface area contributed by atoms with Gasteiger partial charge in [-0.1, -0.05) is 6.92 Å². The number of hydrogen-bond acceptors (Lipinski definition) is 7. The Morgan fingerprint density at radius 3 is 1.88 bits per heavy atom. The zero-order valence-electron chi connectivity index (χ0n) is 21.1. The molecule has 0 heterocycles. The molecule has 0 amide bonds. The van der Waals surface area contributed by atoms with E-state index < -0.39 is 0 Å². The van der Waals surface area contributed by atoms with Crippen molar-refractivity contribution < 1.29 is 28.8 Å². The Balaban J connectivity index is 2.36. The van der Waals surface area contributed by atoms with E-state index in [4.69, 9.17) is 28.8 Å². The molecule has 0 radical (unpaired) electrons. The van der Waals surface area contributed by atoms with Gasteiger partial charge in [-0.2, -0.15) is 0 Å². The summed E-state index contributed by atoms with van der Waals surface area (Å²) in [6.07, 6.45) is 2.43. The van der Waals surface area contributed by atoms with Crippen LogP contribution in [0.1, 0.15) is 36.0 Å². The normalized spacial score (nSPS) is 11.9. The second kappa shape index (κ2) is 13.2. The van der Waals surface area contributed by atoms with Gasteiger partial charge in [0.05, 0.1) is 35.5 Å². The molecule has 184 valence electrons. The van der Waals surface area contributed by atoms with Crippen LogP contribution in [0.25, 0.3) is 0 Å². The molecule has 7 heteroatoms. The first-order valence-electron chi connectivity index (χ1n) is 11.2. The van der Waals surface area contributed by atoms with Gasteiger partial charge in [-0.25, -0.2) is 0 Å². The minimum absolute atomic E-state index is 0.206. The molecule has 0 aliphatic heterocycles. The van der Waals surface area contributed by atoms with Crippen molar-refractivity contribution in [1.29, 1.82) is 0 Å². The summed E-state index contributed by atoms with van der Waals surface area (Å²) in [5, 5.41) is 9.11. The third kappa shape index (κ3) is 6.92. The average molecular weight is 462 g/mol. The summed E-state index contributed by atoms with van der Waals surface area (Å²) in [5.74, 6) is 3.56. The molecule has 0 unspecified atom stereocenters. The molecule has 0 aliphatic carbocycles. The molecule has 1 atom stereocenters. The van der Waals surface area contributed by atoms with Crippen LogP contribution in [0.15, 0.2) is 24.3 Å². The zero-order chi connectivity index (χ0) is 24.4. The highest BCUT2D eigenvalue weighted by molar-refractivity contribution is 5.54. The van der Waals surface area contributed by atoms with Gasteiger partial charge in [0, 0.05) is 19.7 Å². The quantitative estimate of drug-likeness (QED) is 0.457. The smallest absolute Gasteiger partial charge is 0.203 e. The lowest BCUT2D eigenvalue weighted by molar-refractivity contribution is 0.248. The highest BCUT2D eigenvalue weighted by Crippen LogP contribution is 2.40. The van der Waals surface area contributed by atoms with E-state index in [1.807, 2.05) is 12.1 Å². The van der Waals surface area contributed by atoms with Crippen molar-refractivity contribution in [3.63, 3.8) is 0 Å². The maximum atomic E-state index is 9.11. The molecule has 2 aromatic rings. The summed E-state index contributed by atoms with van der Waals surface area (Å²) in [4.78, 5) is 2.24. The Bertz CT molecular complexity index is 860. The Morgan fingerprint density at radius 1 is 0.788 bits per heavy atom. The van der Waals surface area contributed by atoms with Crippen molar-refractivity contribution in [3.8, 4) is 28.7 Å². The molecular formula is C26H39NO6. The first-order valence-corrected chi connectivity index (χ1v) is 11.2. The van der Waals surface area contributed by atoms with Gasteiger partial charge in [0.2, 0.25) is 5.75 Å². The fraction of sp³-hybridized carbons (Fsp3) is 0.538. The predicted molar refractivity (Wildman–Crippen MR) is 131 cm³/mol. The maximum absolute atomic E-state index is 9.11. The largest absolute Gasteiger partial charge is 0.493 e. The Labute approximate surface area is 198 Å². The summed E-state index contributed by atoms with van der Waals surface area (Å²) in [6, 6.07) is 8.17. The number of ether oxygens (including phenoxy) is 5. The zero-order valence-corrected chi connectivity index (χ0v) is 21.1. The Morgan fingerprint density at radius 2 is 1.36 bits per heavy atom. The van der Waals surface area contributed by atoms with Gasteiger partial charge in [0.25, 0.3) is 0 Å².